The van der Waals surface area contributed by atoms with Gasteiger partial charge in [0.2, 0.25) is 5.89 Å². The number of oxazole rings is 1. The number of hydrogen-bond acceptors (Lipinski definition) is 6. The fourth-order valence-corrected chi connectivity index (χ4v) is 3.51. The standard InChI is InChI=1S/C21H26FN7O2/c1-23-21(26-16-7-8-19-27-18(13-30-2)28-29(19)11-16)24-10-9-17-12-31-20(25-17)14-3-5-15(22)6-4-14/h3-6,12,16H,7-11,13H2,1-2H3,(H2,23,24,26). The number of nitrogens with zero attached hydrogens (tertiary/aromatic N) is 5. The highest BCUT2D eigenvalue weighted by atomic mass is 19.1. The van der Waals surface area contributed by atoms with Crippen molar-refractivity contribution in [2.45, 2.75) is 38.5 Å². The predicted octanol–water partition coefficient (Wildman–Crippen LogP) is 1.94. The molecular formula is C21H26FN7O2. The Labute approximate surface area is 179 Å². The maximum atomic E-state index is 13.1. The second-order valence-corrected chi connectivity index (χ2v) is 7.34. The lowest BCUT2D eigenvalue weighted by atomic mass is 10.1. The Morgan fingerprint density at radius 2 is 2.16 bits per heavy atom. The van der Waals surface area contributed by atoms with Crippen molar-refractivity contribution in [2.75, 3.05) is 20.7 Å². The molecule has 1 aliphatic heterocycles. The van der Waals surface area contributed by atoms with Gasteiger partial charge in [0, 0.05) is 45.1 Å². The first-order valence-electron chi connectivity index (χ1n) is 10.2. The molecule has 2 aromatic heterocycles. The molecule has 1 atom stereocenters. The number of nitrogens with one attached hydrogen (secondary N) is 2. The van der Waals surface area contributed by atoms with E-state index >= 15 is 0 Å². The molecule has 0 spiro atoms. The molecule has 9 nitrogen and oxygen atoms in total. The summed E-state index contributed by atoms with van der Waals surface area (Å²) in [5.41, 5.74) is 1.56. The van der Waals surface area contributed by atoms with Crippen molar-refractivity contribution in [3.8, 4) is 11.5 Å². The van der Waals surface area contributed by atoms with E-state index < -0.39 is 0 Å². The van der Waals surface area contributed by atoms with E-state index in [1.54, 1.807) is 32.6 Å². The monoisotopic (exact) mass is 427 g/mol. The summed E-state index contributed by atoms with van der Waals surface area (Å²) in [6.45, 7) is 1.80. The Kier molecular flexibility index (Phi) is 6.56. The van der Waals surface area contributed by atoms with Crippen LogP contribution in [0.25, 0.3) is 11.5 Å². The van der Waals surface area contributed by atoms with Crippen LogP contribution in [0, 0.1) is 5.82 Å². The van der Waals surface area contributed by atoms with E-state index in [1.165, 1.54) is 12.1 Å². The van der Waals surface area contributed by atoms with Gasteiger partial charge in [-0.25, -0.2) is 19.0 Å². The molecule has 1 unspecified atom stereocenters. The molecule has 0 fully saturated rings. The molecule has 0 saturated heterocycles. The van der Waals surface area contributed by atoms with Crippen LogP contribution in [-0.2, 0) is 30.7 Å². The van der Waals surface area contributed by atoms with E-state index in [2.05, 4.69) is 30.7 Å². The van der Waals surface area contributed by atoms with Crippen molar-refractivity contribution in [1.29, 1.82) is 0 Å². The lowest BCUT2D eigenvalue weighted by Crippen LogP contribution is -2.47. The Balaban J connectivity index is 1.26. The second-order valence-electron chi connectivity index (χ2n) is 7.34. The molecule has 31 heavy (non-hydrogen) atoms. The third kappa shape index (κ3) is 5.26. The van der Waals surface area contributed by atoms with Crippen LogP contribution in [-0.4, -0.2) is 52.5 Å². The van der Waals surface area contributed by atoms with Crippen LogP contribution >= 0.6 is 0 Å². The molecule has 0 aliphatic carbocycles. The number of benzene rings is 1. The minimum Gasteiger partial charge on any atom is -0.444 e. The number of methoxy groups -OCH3 is 1. The number of fused-ring (bicyclic) bond motifs is 1. The van der Waals surface area contributed by atoms with Gasteiger partial charge in [0.05, 0.1) is 12.2 Å². The van der Waals surface area contributed by atoms with Gasteiger partial charge in [-0.1, -0.05) is 0 Å². The lowest BCUT2D eigenvalue weighted by molar-refractivity contribution is 0.177. The number of rotatable bonds is 7. The van der Waals surface area contributed by atoms with E-state index in [0.29, 0.717) is 31.3 Å². The summed E-state index contributed by atoms with van der Waals surface area (Å²) in [6.07, 6.45) is 4.11. The molecule has 0 saturated carbocycles. The first-order valence-corrected chi connectivity index (χ1v) is 10.2. The maximum Gasteiger partial charge on any atom is 0.226 e. The average molecular weight is 427 g/mol. The van der Waals surface area contributed by atoms with Gasteiger partial charge in [-0.2, -0.15) is 5.10 Å². The minimum absolute atomic E-state index is 0.216. The molecule has 0 amide bonds. The predicted molar refractivity (Wildman–Crippen MR) is 113 cm³/mol. The highest BCUT2D eigenvalue weighted by Crippen LogP contribution is 2.19. The Morgan fingerprint density at radius 1 is 1.32 bits per heavy atom. The third-order valence-electron chi connectivity index (χ3n) is 5.06. The zero-order valence-corrected chi connectivity index (χ0v) is 17.6. The van der Waals surface area contributed by atoms with Crippen molar-refractivity contribution >= 4 is 5.96 Å². The van der Waals surface area contributed by atoms with Gasteiger partial charge in [0.15, 0.2) is 11.8 Å². The molecule has 1 aliphatic rings. The molecule has 0 bridgehead atoms. The number of guanidine groups is 1. The Bertz CT molecular complexity index is 1030. The number of aryl methyl sites for hydroxylation is 1. The van der Waals surface area contributed by atoms with E-state index in [4.69, 9.17) is 9.15 Å². The van der Waals surface area contributed by atoms with Crippen LogP contribution in [0.5, 0.6) is 0 Å². The summed E-state index contributed by atoms with van der Waals surface area (Å²) in [4.78, 5) is 13.3. The van der Waals surface area contributed by atoms with E-state index in [1.807, 2.05) is 4.68 Å². The molecular weight excluding hydrogens is 401 g/mol. The Morgan fingerprint density at radius 3 is 2.94 bits per heavy atom. The summed E-state index contributed by atoms with van der Waals surface area (Å²) < 4.78 is 25.6. The number of halogens is 1. The molecule has 164 valence electrons. The quantitative estimate of drug-likeness (QED) is 0.439. The zero-order chi connectivity index (χ0) is 21.6. The molecule has 3 heterocycles. The van der Waals surface area contributed by atoms with Gasteiger partial charge in [0.1, 0.15) is 24.5 Å². The topological polar surface area (TPSA) is 102 Å². The molecule has 3 aromatic rings. The van der Waals surface area contributed by atoms with Gasteiger partial charge in [-0.15, -0.1) is 0 Å². The summed E-state index contributed by atoms with van der Waals surface area (Å²) in [5, 5.41) is 11.3. The molecule has 4 rings (SSSR count). The van der Waals surface area contributed by atoms with E-state index in [-0.39, 0.29) is 11.9 Å². The lowest BCUT2D eigenvalue weighted by Gasteiger charge is -2.25. The normalized spacial score (nSPS) is 16.2. The number of aliphatic imine (C=N–C) groups is 1. The van der Waals surface area contributed by atoms with Crippen molar-refractivity contribution < 1.29 is 13.5 Å². The van der Waals surface area contributed by atoms with Crippen LogP contribution in [0.4, 0.5) is 4.39 Å². The highest BCUT2D eigenvalue weighted by molar-refractivity contribution is 5.79. The largest absolute Gasteiger partial charge is 0.444 e. The first kappa shape index (κ1) is 21.0. The van der Waals surface area contributed by atoms with Crippen LogP contribution in [0.15, 0.2) is 39.9 Å². The van der Waals surface area contributed by atoms with Gasteiger partial charge in [-0.3, -0.25) is 4.99 Å². The van der Waals surface area contributed by atoms with Crippen molar-refractivity contribution in [2.24, 2.45) is 4.99 Å². The third-order valence-corrected chi connectivity index (χ3v) is 5.06. The van der Waals surface area contributed by atoms with Crippen molar-refractivity contribution in [3.05, 3.63) is 53.7 Å². The summed E-state index contributed by atoms with van der Waals surface area (Å²) >= 11 is 0. The van der Waals surface area contributed by atoms with Crippen molar-refractivity contribution in [1.82, 2.24) is 30.4 Å². The zero-order valence-electron chi connectivity index (χ0n) is 17.6. The summed E-state index contributed by atoms with van der Waals surface area (Å²) in [7, 11) is 3.39. The molecule has 2 N–H and O–H groups in total. The van der Waals surface area contributed by atoms with Gasteiger partial charge in [0.25, 0.3) is 0 Å². The second kappa shape index (κ2) is 9.69. The van der Waals surface area contributed by atoms with E-state index in [9.17, 15) is 4.39 Å². The number of ether oxygens (including phenoxy) is 1. The average Bonchev–Trinajstić information content (AvgIpc) is 3.40. The van der Waals surface area contributed by atoms with Crippen LogP contribution in [0.2, 0.25) is 0 Å². The highest BCUT2D eigenvalue weighted by Gasteiger charge is 2.22. The fourth-order valence-electron chi connectivity index (χ4n) is 3.51. The number of aromatic nitrogens is 4. The summed E-state index contributed by atoms with van der Waals surface area (Å²) in [5.74, 6) is 2.64. The fraction of sp³-hybridized carbons (Fsp3) is 0.429. The molecule has 10 heteroatoms. The summed E-state index contributed by atoms with van der Waals surface area (Å²) in [6, 6.07) is 6.30. The van der Waals surface area contributed by atoms with E-state index in [0.717, 1.165) is 42.4 Å². The van der Waals surface area contributed by atoms with Crippen molar-refractivity contribution in [3.63, 3.8) is 0 Å². The van der Waals surface area contributed by atoms with Crippen LogP contribution in [0.3, 0.4) is 0 Å². The smallest absolute Gasteiger partial charge is 0.226 e. The number of hydrogen-bond donors (Lipinski definition) is 2. The maximum absolute atomic E-state index is 13.1. The SMILES string of the molecule is CN=C(NCCc1coc(-c2ccc(F)cc2)n1)NC1CCc2nc(COC)nn2C1. The molecule has 0 radical (unpaired) electrons. The molecule has 1 aromatic carbocycles. The Hall–Kier alpha value is -3.27. The van der Waals surface area contributed by atoms with Gasteiger partial charge in [-0.05, 0) is 30.7 Å². The first-order chi connectivity index (χ1) is 15.1. The minimum atomic E-state index is -0.285. The van der Waals surface area contributed by atoms with Gasteiger partial charge >= 0.3 is 0 Å². The van der Waals surface area contributed by atoms with Crippen LogP contribution in [0.1, 0.15) is 23.8 Å². The van der Waals surface area contributed by atoms with Crippen LogP contribution < -0.4 is 10.6 Å². The van der Waals surface area contributed by atoms with Gasteiger partial charge < -0.3 is 19.8 Å².